The molecule has 2 aliphatic rings. The van der Waals surface area contributed by atoms with Gasteiger partial charge in [-0.1, -0.05) is 0 Å². The minimum atomic E-state index is -4.48. The Morgan fingerprint density at radius 2 is 1.97 bits per heavy atom. The van der Waals surface area contributed by atoms with Crippen LogP contribution in [0, 0.1) is 0 Å². The summed E-state index contributed by atoms with van der Waals surface area (Å²) in [5.74, 6) is -0.249. The third-order valence-electron chi connectivity index (χ3n) is 5.50. The van der Waals surface area contributed by atoms with E-state index in [2.05, 4.69) is 15.5 Å². The lowest BCUT2D eigenvalue weighted by molar-refractivity contribution is -0.141. The monoisotopic (exact) mass is 431 g/mol. The molecule has 1 amide bonds. The largest absolute Gasteiger partial charge is 0.435 e. The van der Waals surface area contributed by atoms with Crippen LogP contribution in [0.25, 0.3) is 0 Å². The van der Waals surface area contributed by atoms with Gasteiger partial charge >= 0.3 is 6.18 Å². The van der Waals surface area contributed by atoms with E-state index in [4.69, 9.17) is 0 Å². The molecule has 6 nitrogen and oxygen atoms in total. The molecule has 0 spiro atoms. The van der Waals surface area contributed by atoms with Crippen molar-refractivity contribution in [2.24, 2.45) is 0 Å². The summed E-state index contributed by atoms with van der Waals surface area (Å²) in [7, 11) is 0. The van der Waals surface area contributed by atoms with E-state index in [1.54, 1.807) is 0 Å². The summed E-state index contributed by atoms with van der Waals surface area (Å²) < 4.78 is 67.7. The van der Waals surface area contributed by atoms with Gasteiger partial charge in [0.05, 0.1) is 0 Å². The van der Waals surface area contributed by atoms with E-state index < -0.39 is 18.3 Å². The highest BCUT2D eigenvalue weighted by Crippen LogP contribution is 2.42. The maximum Gasteiger partial charge on any atom is 0.435 e. The molecule has 0 radical (unpaired) electrons. The number of hydrogen-bond acceptors (Lipinski definition) is 3. The third kappa shape index (κ3) is 4.34. The molecule has 0 aliphatic heterocycles. The average Bonchev–Trinajstić information content (AvgIpc) is 3.10. The van der Waals surface area contributed by atoms with Crippen molar-refractivity contribution in [3.63, 3.8) is 0 Å². The van der Waals surface area contributed by atoms with Gasteiger partial charge in [-0.05, 0) is 44.6 Å². The molecule has 2 aromatic heterocycles. The number of amides is 1. The van der Waals surface area contributed by atoms with E-state index in [0.29, 0.717) is 36.2 Å². The molecular weight excluding hydrogens is 409 g/mol. The first kappa shape index (κ1) is 20.8. The molecule has 0 bridgehead atoms. The Morgan fingerprint density at radius 1 is 1.20 bits per heavy atom. The normalized spacial score (nSPS) is 16.3. The summed E-state index contributed by atoms with van der Waals surface area (Å²) in [5, 5.41) is 10.3. The molecule has 0 atom stereocenters. The fourth-order valence-electron chi connectivity index (χ4n) is 3.95. The number of aromatic nitrogens is 4. The first-order valence-corrected chi connectivity index (χ1v) is 10.0. The number of hydrogen-bond donors (Lipinski definition) is 1. The topological polar surface area (TPSA) is 64.7 Å². The van der Waals surface area contributed by atoms with E-state index in [1.165, 1.54) is 9.36 Å². The number of fused-ring (bicyclic) bond motifs is 1. The van der Waals surface area contributed by atoms with Gasteiger partial charge in [-0.25, -0.2) is 8.78 Å². The first-order valence-electron chi connectivity index (χ1n) is 10.0. The highest BCUT2D eigenvalue weighted by Gasteiger charge is 2.37. The Bertz CT molecular complexity index is 929. The van der Waals surface area contributed by atoms with Crippen LogP contribution >= 0.6 is 0 Å². The number of nitrogens with one attached hydrogen (secondary N) is 1. The van der Waals surface area contributed by atoms with Gasteiger partial charge in [-0.3, -0.25) is 14.2 Å². The number of rotatable bonds is 8. The standard InChI is InChI=1S/C19H22F5N5O/c20-18(21)17-12-3-1-4-13(12)29(27-17)10-16(30)25-7-2-8-28-14(11-5-6-11)9-15(26-28)19(22,23)24/h9,11,18H,1-8,10H2,(H,25,30). The van der Waals surface area contributed by atoms with Crippen LogP contribution < -0.4 is 5.32 Å². The molecule has 2 heterocycles. The SMILES string of the molecule is O=C(Cn1nc(C(F)F)c2c1CCC2)NCCCn1nc(C(F)(F)F)cc1C1CC1. The van der Waals surface area contributed by atoms with Crippen molar-refractivity contribution in [1.82, 2.24) is 24.9 Å². The maximum absolute atomic E-state index is 13.1. The Balaban J connectivity index is 1.30. The highest BCUT2D eigenvalue weighted by molar-refractivity contribution is 5.75. The van der Waals surface area contributed by atoms with E-state index in [0.717, 1.165) is 25.3 Å². The Morgan fingerprint density at radius 3 is 2.63 bits per heavy atom. The number of aryl methyl sites for hydroxylation is 1. The van der Waals surface area contributed by atoms with Gasteiger partial charge in [-0.2, -0.15) is 23.4 Å². The van der Waals surface area contributed by atoms with Crippen LogP contribution in [0.4, 0.5) is 22.0 Å². The molecule has 2 aromatic rings. The molecule has 30 heavy (non-hydrogen) atoms. The second-order valence-electron chi connectivity index (χ2n) is 7.78. The van der Waals surface area contributed by atoms with Crippen molar-refractivity contribution in [3.8, 4) is 0 Å². The van der Waals surface area contributed by atoms with Gasteiger partial charge < -0.3 is 5.32 Å². The molecule has 0 unspecified atom stereocenters. The summed E-state index contributed by atoms with van der Waals surface area (Å²) in [4.78, 5) is 12.2. The Hall–Kier alpha value is -2.46. The van der Waals surface area contributed by atoms with Crippen LogP contribution in [0.5, 0.6) is 0 Å². The van der Waals surface area contributed by atoms with Crippen molar-refractivity contribution in [2.45, 2.75) is 70.1 Å². The molecule has 1 N–H and O–H groups in total. The number of alkyl halides is 5. The quantitative estimate of drug-likeness (QED) is 0.513. The van der Waals surface area contributed by atoms with Crippen molar-refractivity contribution in [3.05, 3.63) is 34.4 Å². The maximum atomic E-state index is 13.1. The van der Waals surface area contributed by atoms with Crippen LogP contribution in [0.1, 0.15) is 66.4 Å². The van der Waals surface area contributed by atoms with Gasteiger partial charge in [0.1, 0.15) is 12.2 Å². The number of carbonyl (C=O) groups excluding carboxylic acids is 1. The molecule has 164 valence electrons. The molecule has 0 saturated heterocycles. The summed E-state index contributed by atoms with van der Waals surface area (Å²) in [5.41, 5.74) is 0.674. The predicted octanol–water partition coefficient (Wildman–Crippen LogP) is 3.61. The highest BCUT2D eigenvalue weighted by atomic mass is 19.4. The van der Waals surface area contributed by atoms with Crippen molar-refractivity contribution >= 4 is 5.91 Å². The zero-order chi connectivity index (χ0) is 21.5. The Kier molecular flexibility index (Phi) is 5.54. The fourth-order valence-corrected chi connectivity index (χ4v) is 3.95. The van der Waals surface area contributed by atoms with E-state index in [1.807, 2.05) is 0 Å². The molecule has 1 fully saturated rings. The van der Waals surface area contributed by atoms with Crippen molar-refractivity contribution in [1.29, 1.82) is 0 Å². The van der Waals surface area contributed by atoms with E-state index in [9.17, 15) is 26.7 Å². The predicted molar refractivity (Wildman–Crippen MR) is 96.0 cm³/mol. The fraction of sp³-hybridized carbons (Fsp3) is 0.632. The molecule has 11 heteroatoms. The third-order valence-corrected chi connectivity index (χ3v) is 5.50. The minimum absolute atomic E-state index is 0.120. The molecule has 1 saturated carbocycles. The van der Waals surface area contributed by atoms with Crippen LogP contribution in [-0.4, -0.2) is 32.0 Å². The molecule has 2 aliphatic carbocycles. The number of nitrogens with zero attached hydrogens (tertiary/aromatic N) is 4. The molecule has 0 aromatic carbocycles. The van der Waals surface area contributed by atoms with Crippen LogP contribution in [0.15, 0.2) is 6.07 Å². The second kappa shape index (κ2) is 7.99. The van der Waals surface area contributed by atoms with Crippen LogP contribution in [-0.2, 0) is 36.9 Å². The summed E-state index contributed by atoms with van der Waals surface area (Å²) in [6, 6.07) is 1.11. The van der Waals surface area contributed by atoms with Crippen molar-refractivity contribution < 1.29 is 26.7 Å². The number of halogens is 5. The van der Waals surface area contributed by atoms with E-state index in [-0.39, 0.29) is 37.2 Å². The lowest BCUT2D eigenvalue weighted by Crippen LogP contribution is -2.30. The smallest absolute Gasteiger partial charge is 0.354 e. The van der Waals surface area contributed by atoms with Crippen LogP contribution in [0.3, 0.4) is 0 Å². The average molecular weight is 431 g/mol. The Labute approximate surface area is 169 Å². The summed E-state index contributed by atoms with van der Waals surface area (Å²) >= 11 is 0. The second-order valence-corrected chi connectivity index (χ2v) is 7.78. The zero-order valence-corrected chi connectivity index (χ0v) is 16.2. The van der Waals surface area contributed by atoms with Gasteiger partial charge in [0.25, 0.3) is 6.43 Å². The summed E-state index contributed by atoms with van der Waals surface area (Å²) in [6.45, 7) is 0.354. The molecule has 4 rings (SSSR count). The molecular formula is C19H22F5N5O. The van der Waals surface area contributed by atoms with Gasteiger partial charge in [-0.15, -0.1) is 0 Å². The van der Waals surface area contributed by atoms with Gasteiger partial charge in [0.15, 0.2) is 5.69 Å². The lowest BCUT2D eigenvalue weighted by Gasteiger charge is -2.09. The lowest BCUT2D eigenvalue weighted by atomic mass is 10.2. The van der Waals surface area contributed by atoms with E-state index >= 15 is 0 Å². The minimum Gasteiger partial charge on any atom is -0.354 e. The van der Waals surface area contributed by atoms with Crippen LogP contribution in [0.2, 0.25) is 0 Å². The van der Waals surface area contributed by atoms with Gasteiger partial charge in [0, 0.05) is 36.0 Å². The summed E-state index contributed by atoms with van der Waals surface area (Å²) in [6.07, 6.45) is -3.10. The van der Waals surface area contributed by atoms with Crippen molar-refractivity contribution in [2.75, 3.05) is 6.54 Å². The van der Waals surface area contributed by atoms with Gasteiger partial charge in [0.2, 0.25) is 5.91 Å². The number of carbonyl (C=O) groups is 1. The first-order chi connectivity index (χ1) is 14.2. The zero-order valence-electron chi connectivity index (χ0n) is 16.2.